The van der Waals surface area contributed by atoms with E-state index in [0.29, 0.717) is 22.5 Å². The van der Waals surface area contributed by atoms with E-state index in [0.717, 1.165) is 12.3 Å². The molecular formula is C14H16ClNO. The van der Waals surface area contributed by atoms with Gasteiger partial charge in [0.2, 0.25) is 0 Å². The fourth-order valence-corrected chi connectivity index (χ4v) is 3.53. The molecule has 17 heavy (non-hydrogen) atoms. The van der Waals surface area contributed by atoms with Gasteiger partial charge in [0.15, 0.2) is 0 Å². The van der Waals surface area contributed by atoms with E-state index in [1.54, 1.807) is 12.1 Å². The van der Waals surface area contributed by atoms with Gasteiger partial charge in [-0.05, 0) is 43.2 Å². The molecule has 0 spiro atoms. The van der Waals surface area contributed by atoms with Gasteiger partial charge in [0.05, 0.1) is 10.6 Å². The van der Waals surface area contributed by atoms with Gasteiger partial charge in [-0.1, -0.05) is 30.2 Å². The Morgan fingerprint density at radius 1 is 1.24 bits per heavy atom. The lowest BCUT2D eigenvalue weighted by Gasteiger charge is -2.23. The number of carbonyl (C=O) groups is 1. The molecule has 2 saturated carbocycles. The van der Waals surface area contributed by atoms with Crippen LogP contribution >= 0.6 is 11.6 Å². The zero-order valence-corrected chi connectivity index (χ0v) is 10.4. The zero-order chi connectivity index (χ0) is 11.8. The highest BCUT2D eigenvalue weighted by molar-refractivity contribution is 6.33. The van der Waals surface area contributed by atoms with Crippen LogP contribution in [-0.2, 0) is 0 Å². The van der Waals surface area contributed by atoms with E-state index in [-0.39, 0.29) is 5.91 Å². The molecule has 3 atom stereocenters. The van der Waals surface area contributed by atoms with Crippen molar-refractivity contribution in [1.82, 2.24) is 5.32 Å². The van der Waals surface area contributed by atoms with Crippen LogP contribution < -0.4 is 5.32 Å². The summed E-state index contributed by atoms with van der Waals surface area (Å²) in [5.74, 6) is 1.52. The van der Waals surface area contributed by atoms with Gasteiger partial charge in [-0.2, -0.15) is 0 Å². The lowest BCUT2D eigenvalue weighted by atomic mass is 9.95. The van der Waals surface area contributed by atoms with Crippen molar-refractivity contribution >= 4 is 17.5 Å². The third-order valence-corrected chi connectivity index (χ3v) is 4.50. The van der Waals surface area contributed by atoms with E-state index >= 15 is 0 Å². The maximum atomic E-state index is 12.1. The van der Waals surface area contributed by atoms with Gasteiger partial charge in [0.1, 0.15) is 0 Å². The number of nitrogens with one attached hydrogen (secondary N) is 1. The number of benzene rings is 1. The average molecular weight is 250 g/mol. The first-order valence-electron chi connectivity index (χ1n) is 6.29. The number of hydrogen-bond acceptors (Lipinski definition) is 1. The summed E-state index contributed by atoms with van der Waals surface area (Å²) >= 11 is 6.02. The highest BCUT2D eigenvalue weighted by atomic mass is 35.5. The van der Waals surface area contributed by atoms with Gasteiger partial charge in [-0.25, -0.2) is 0 Å². The van der Waals surface area contributed by atoms with Gasteiger partial charge in [0.25, 0.3) is 5.91 Å². The quantitative estimate of drug-likeness (QED) is 0.857. The van der Waals surface area contributed by atoms with Crippen molar-refractivity contribution in [1.29, 1.82) is 0 Å². The van der Waals surface area contributed by atoms with Crippen LogP contribution in [0.3, 0.4) is 0 Å². The number of carbonyl (C=O) groups excluding carboxylic acids is 1. The summed E-state index contributed by atoms with van der Waals surface area (Å²) in [6, 6.07) is 7.61. The molecule has 0 aromatic heterocycles. The third kappa shape index (κ3) is 2.06. The molecule has 0 heterocycles. The third-order valence-electron chi connectivity index (χ3n) is 4.17. The molecule has 1 N–H and O–H groups in total. The van der Waals surface area contributed by atoms with Crippen LogP contribution in [-0.4, -0.2) is 11.9 Å². The van der Waals surface area contributed by atoms with Crippen molar-refractivity contribution in [3.63, 3.8) is 0 Å². The van der Waals surface area contributed by atoms with Crippen LogP contribution in [0.1, 0.15) is 36.0 Å². The lowest BCUT2D eigenvalue weighted by Crippen LogP contribution is -2.38. The van der Waals surface area contributed by atoms with Crippen molar-refractivity contribution in [2.75, 3.05) is 0 Å². The van der Waals surface area contributed by atoms with Crippen LogP contribution in [0, 0.1) is 11.8 Å². The summed E-state index contributed by atoms with van der Waals surface area (Å²) in [7, 11) is 0. The first kappa shape index (κ1) is 11.1. The fraction of sp³-hybridized carbons (Fsp3) is 0.500. The first-order chi connectivity index (χ1) is 8.24. The molecule has 2 aliphatic rings. The van der Waals surface area contributed by atoms with Gasteiger partial charge in [-0.3, -0.25) is 4.79 Å². The fourth-order valence-electron chi connectivity index (χ4n) is 3.31. The van der Waals surface area contributed by atoms with E-state index in [1.807, 2.05) is 12.1 Å². The van der Waals surface area contributed by atoms with Crippen molar-refractivity contribution < 1.29 is 4.79 Å². The Balaban J connectivity index is 1.70. The van der Waals surface area contributed by atoms with Crippen molar-refractivity contribution in [3.8, 4) is 0 Å². The van der Waals surface area contributed by atoms with E-state index in [4.69, 9.17) is 11.6 Å². The molecule has 2 aliphatic carbocycles. The summed E-state index contributed by atoms with van der Waals surface area (Å²) in [5, 5.41) is 3.68. The second-order valence-electron chi connectivity index (χ2n) is 5.23. The standard InChI is InChI=1S/C14H16ClNO/c15-12-4-2-1-3-11(12)14(17)16-13-8-9-5-6-10(13)7-9/h1-4,9-10,13H,5-8H2,(H,16,17)/t9-,10+,13+/m0/s1. The molecule has 0 saturated heterocycles. The summed E-state index contributed by atoms with van der Waals surface area (Å²) in [6.07, 6.45) is 5.08. The summed E-state index contributed by atoms with van der Waals surface area (Å²) < 4.78 is 0. The van der Waals surface area contributed by atoms with E-state index in [9.17, 15) is 4.79 Å². The monoisotopic (exact) mass is 249 g/mol. The Hall–Kier alpha value is -1.02. The molecule has 90 valence electrons. The normalized spacial score (nSPS) is 30.5. The summed E-state index contributed by atoms with van der Waals surface area (Å²) in [4.78, 5) is 12.1. The average Bonchev–Trinajstić information content (AvgIpc) is 2.91. The molecule has 1 aromatic rings. The molecule has 3 heteroatoms. The minimum absolute atomic E-state index is 0.0202. The second kappa shape index (κ2) is 4.34. The van der Waals surface area contributed by atoms with Crippen molar-refractivity contribution in [2.45, 2.75) is 31.7 Å². The zero-order valence-electron chi connectivity index (χ0n) is 9.66. The van der Waals surface area contributed by atoms with Gasteiger partial charge >= 0.3 is 0 Å². The number of rotatable bonds is 2. The van der Waals surface area contributed by atoms with Crippen LogP contribution in [0.5, 0.6) is 0 Å². The van der Waals surface area contributed by atoms with Gasteiger partial charge < -0.3 is 5.32 Å². The topological polar surface area (TPSA) is 29.1 Å². The molecule has 1 aromatic carbocycles. The van der Waals surface area contributed by atoms with E-state index < -0.39 is 0 Å². The molecule has 2 fully saturated rings. The molecule has 3 rings (SSSR count). The molecule has 0 radical (unpaired) electrons. The first-order valence-corrected chi connectivity index (χ1v) is 6.67. The smallest absolute Gasteiger partial charge is 0.253 e. The van der Waals surface area contributed by atoms with Crippen LogP contribution in [0.4, 0.5) is 0 Å². The maximum absolute atomic E-state index is 12.1. The molecule has 0 aliphatic heterocycles. The van der Waals surface area contributed by atoms with Gasteiger partial charge in [-0.15, -0.1) is 0 Å². The van der Waals surface area contributed by atoms with Crippen LogP contribution in [0.15, 0.2) is 24.3 Å². The Kier molecular flexibility index (Phi) is 2.83. The molecule has 1 amide bonds. The van der Waals surface area contributed by atoms with Crippen molar-refractivity contribution in [2.24, 2.45) is 11.8 Å². The second-order valence-corrected chi connectivity index (χ2v) is 5.64. The molecule has 2 bridgehead atoms. The SMILES string of the molecule is O=C(N[C@@H]1C[C@H]2CC[C@@H]1C2)c1ccccc1Cl. The largest absolute Gasteiger partial charge is 0.349 e. The molecular weight excluding hydrogens is 234 g/mol. The van der Waals surface area contributed by atoms with E-state index in [2.05, 4.69) is 5.32 Å². The lowest BCUT2D eigenvalue weighted by molar-refractivity contribution is 0.0923. The van der Waals surface area contributed by atoms with Crippen molar-refractivity contribution in [3.05, 3.63) is 34.9 Å². The highest BCUT2D eigenvalue weighted by Crippen LogP contribution is 2.44. The number of halogens is 1. The maximum Gasteiger partial charge on any atom is 0.253 e. The number of hydrogen-bond donors (Lipinski definition) is 1. The van der Waals surface area contributed by atoms with Crippen LogP contribution in [0.25, 0.3) is 0 Å². The minimum Gasteiger partial charge on any atom is -0.349 e. The Morgan fingerprint density at radius 3 is 2.71 bits per heavy atom. The predicted molar refractivity (Wildman–Crippen MR) is 68.2 cm³/mol. The predicted octanol–water partition coefficient (Wildman–Crippen LogP) is 3.26. The minimum atomic E-state index is -0.0202. The number of amides is 1. The molecule has 0 unspecified atom stereocenters. The Labute approximate surface area is 106 Å². The Bertz CT molecular complexity index is 446. The Morgan fingerprint density at radius 2 is 2.06 bits per heavy atom. The van der Waals surface area contributed by atoms with E-state index in [1.165, 1.54) is 19.3 Å². The highest BCUT2D eigenvalue weighted by Gasteiger charge is 2.40. The summed E-state index contributed by atoms with van der Waals surface area (Å²) in [5.41, 5.74) is 0.594. The van der Waals surface area contributed by atoms with Crippen LogP contribution in [0.2, 0.25) is 5.02 Å². The van der Waals surface area contributed by atoms with Gasteiger partial charge in [0, 0.05) is 6.04 Å². The number of fused-ring (bicyclic) bond motifs is 2. The molecule has 2 nitrogen and oxygen atoms in total. The summed E-state index contributed by atoms with van der Waals surface area (Å²) in [6.45, 7) is 0.